The monoisotopic (exact) mass is 730 g/mol. The molecule has 0 spiro atoms. The van der Waals surface area contributed by atoms with Crippen molar-refractivity contribution in [3.63, 3.8) is 0 Å². The zero-order valence-electron chi connectivity index (χ0n) is 32.7. The summed E-state index contributed by atoms with van der Waals surface area (Å²) in [5.41, 5.74) is 16.5. The third-order valence-electron chi connectivity index (χ3n) is 14.0. The minimum Gasteiger partial charge on any atom is -0.481 e. The maximum atomic E-state index is 7.14. The first-order valence-corrected chi connectivity index (χ1v) is 20.7. The van der Waals surface area contributed by atoms with E-state index in [2.05, 4.69) is 159 Å². The summed E-state index contributed by atoms with van der Waals surface area (Å²) in [6, 6.07) is 24.6. The molecule has 2 atom stereocenters. The predicted octanol–water partition coefficient (Wildman–Crippen LogP) is 13.6. The van der Waals surface area contributed by atoms with Crippen LogP contribution in [-0.4, -0.2) is 11.0 Å². The third kappa shape index (κ3) is 4.25. The van der Waals surface area contributed by atoms with Crippen molar-refractivity contribution in [2.45, 2.75) is 83.7 Å². The molecule has 0 radical (unpaired) electrons. The summed E-state index contributed by atoms with van der Waals surface area (Å²) in [5, 5.41) is 4.73. The van der Waals surface area contributed by atoms with Crippen molar-refractivity contribution in [2.75, 3.05) is 4.90 Å². The van der Waals surface area contributed by atoms with E-state index in [0.29, 0.717) is 0 Å². The third-order valence-corrected chi connectivity index (χ3v) is 14.0. The Morgan fingerprint density at radius 3 is 2.23 bits per heavy atom. The van der Waals surface area contributed by atoms with Crippen LogP contribution >= 0.6 is 0 Å². The van der Waals surface area contributed by atoms with Gasteiger partial charge in [-0.3, -0.25) is 0 Å². The van der Waals surface area contributed by atoms with E-state index in [1.807, 2.05) is 0 Å². The number of anilines is 2. The highest BCUT2D eigenvalue weighted by atomic mass is 16.5. The molecule has 1 aromatic heterocycles. The fourth-order valence-corrected chi connectivity index (χ4v) is 11.4. The molecule has 12 rings (SSSR count). The Morgan fingerprint density at radius 1 is 0.679 bits per heavy atom. The number of fused-ring (bicyclic) bond motifs is 11. The van der Waals surface area contributed by atoms with Gasteiger partial charge in [0.2, 0.25) is 0 Å². The van der Waals surface area contributed by atoms with Crippen LogP contribution in [0.5, 0.6) is 5.75 Å². The van der Waals surface area contributed by atoms with Gasteiger partial charge in [-0.1, -0.05) is 107 Å². The van der Waals surface area contributed by atoms with Gasteiger partial charge in [0.1, 0.15) is 11.7 Å². The maximum Gasteiger partial charge on any atom is 0.178 e. The van der Waals surface area contributed by atoms with Crippen molar-refractivity contribution in [3.05, 3.63) is 172 Å². The number of hydrogen-bond acceptors (Lipinski definition) is 4. The normalized spacial score (nSPS) is 24.0. The highest BCUT2D eigenvalue weighted by molar-refractivity contribution is 6.22. The summed E-state index contributed by atoms with van der Waals surface area (Å²) in [7, 11) is 0. The van der Waals surface area contributed by atoms with Crippen LogP contribution in [0.2, 0.25) is 0 Å². The minimum absolute atomic E-state index is 0.0246. The van der Waals surface area contributed by atoms with E-state index < -0.39 is 0 Å². The summed E-state index contributed by atoms with van der Waals surface area (Å²) in [6.07, 6.45) is 27.6. The first-order valence-electron chi connectivity index (χ1n) is 20.7. The highest BCUT2D eigenvalue weighted by Gasteiger charge is 2.44. The van der Waals surface area contributed by atoms with Gasteiger partial charge in [-0.25, -0.2) is 0 Å². The molecule has 4 aliphatic carbocycles. The number of nitrogens with zero attached hydrogens (tertiary/aromatic N) is 2. The van der Waals surface area contributed by atoms with E-state index in [9.17, 15) is 0 Å². The van der Waals surface area contributed by atoms with Crippen molar-refractivity contribution in [2.24, 2.45) is 5.41 Å². The molecule has 0 amide bonds. The van der Waals surface area contributed by atoms with E-state index in [-0.39, 0.29) is 22.9 Å². The van der Waals surface area contributed by atoms with Crippen LogP contribution in [0.3, 0.4) is 0 Å². The first-order chi connectivity index (χ1) is 27.3. The van der Waals surface area contributed by atoms with Gasteiger partial charge < -0.3 is 19.0 Å². The number of ether oxygens (including phenoxy) is 1. The van der Waals surface area contributed by atoms with Gasteiger partial charge in [0.15, 0.2) is 11.3 Å². The fourth-order valence-electron chi connectivity index (χ4n) is 11.4. The molecule has 2 unspecified atom stereocenters. The lowest BCUT2D eigenvalue weighted by Gasteiger charge is -2.47. The van der Waals surface area contributed by atoms with Crippen molar-refractivity contribution in [1.82, 2.24) is 4.90 Å². The molecule has 0 bridgehead atoms. The Balaban J connectivity index is 1.00. The van der Waals surface area contributed by atoms with Crippen LogP contribution < -0.4 is 9.64 Å². The molecular formula is C52H46N2O2. The molecule has 4 heteroatoms. The van der Waals surface area contributed by atoms with Crippen LogP contribution in [0.1, 0.15) is 83.3 Å². The lowest BCUT2D eigenvalue weighted by molar-refractivity contribution is 0.263. The zero-order valence-corrected chi connectivity index (χ0v) is 32.7. The van der Waals surface area contributed by atoms with E-state index in [1.165, 1.54) is 67.1 Å². The molecule has 4 nitrogen and oxygen atoms in total. The average Bonchev–Trinajstić information content (AvgIpc) is 3.80. The van der Waals surface area contributed by atoms with Gasteiger partial charge in [0.25, 0.3) is 0 Å². The van der Waals surface area contributed by atoms with Crippen LogP contribution in [0.25, 0.3) is 32.7 Å². The summed E-state index contributed by atoms with van der Waals surface area (Å²) < 4.78 is 14.2. The summed E-state index contributed by atoms with van der Waals surface area (Å²) >= 11 is 0. The molecule has 0 N–H and O–H groups in total. The van der Waals surface area contributed by atoms with E-state index in [0.717, 1.165) is 71.9 Å². The van der Waals surface area contributed by atoms with Gasteiger partial charge in [0, 0.05) is 73.3 Å². The van der Waals surface area contributed by atoms with Crippen molar-refractivity contribution in [3.8, 4) is 5.75 Å². The van der Waals surface area contributed by atoms with Crippen molar-refractivity contribution >= 4 is 44.1 Å². The lowest BCUT2D eigenvalue weighted by Crippen LogP contribution is -2.37. The van der Waals surface area contributed by atoms with Crippen LogP contribution in [0.4, 0.5) is 11.4 Å². The molecule has 4 heterocycles. The number of benzene rings is 4. The molecular weight excluding hydrogens is 685 g/mol. The number of furan rings is 1. The number of rotatable bonds is 2. The standard InChI is InChI=1S/C52H46N2O2/c1-51(2)37-17-7-11-21-41(37)53(42-22-12-8-18-38(42)51)31-25-27-35-45(29-31)55-49-47(35)33-15-5-6-16-34(33)48-36-28-26-32(30-46(36)56-50(48)49)54-43-23-13-9-19-39(43)52(3,4)40-20-10-14-24-44(40)54/h5-9,11,14-19,21,24-30,36,46H,10,12-13,20,22-23H2,1-4H3. The summed E-state index contributed by atoms with van der Waals surface area (Å²) in [4.78, 5) is 5.05. The predicted molar refractivity (Wildman–Crippen MR) is 229 cm³/mol. The Morgan fingerprint density at radius 2 is 1.39 bits per heavy atom. The molecule has 5 aromatic rings. The Hall–Kier alpha value is -5.74. The van der Waals surface area contributed by atoms with Crippen LogP contribution in [0.15, 0.2) is 165 Å². The van der Waals surface area contributed by atoms with Crippen molar-refractivity contribution < 1.29 is 9.15 Å². The van der Waals surface area contributed by atoms with Gasteiger partial charge in [0.05, 0.1) is 0 Å². The number of allylic oxidation sites excluding steroid dienone is 12. The number of hydrogen-bond donors (Lipinski definition) is 0. The highest BCUT2D eigenvalue weighted by Crippen LogP contribution is 2.56. The van der Waals surface area contributed by atoms with Crippen molar-refractivity contribution in [1.29, 1.82) is 0 Å². The van der Waals surface area contributed by atoms with E-state index >= 15 is 0 Å². The second-order valence-electron chi connectivity index (χ2n) is 17.7. The maximum absolute atomic E-state index is 7.14. The molecule has 276 valence electrons. The molecule has 56 heavy (non-hydrogen) atoms. The van der Waals surface area contributed by atoms with Gasteiger partial charge in [-0.15, -0.1) is 0 Å². The molecule has 0 saturated carbocycles. The second-order valence-corrected chi connectivity index (χ2v) is 17.7. The topological polar surface area (TPSA) is 28.9 Å². The van der Waals surface area contributed by atoms with Gasteiger partial charge in [-0.2, -0.15) is 0 Å². The average molecular weight is 731 g/mol. The Labute approximate surface area is 328 Å². The van der Waals surface area contributed by atoms with Gasteiger partial charge >= 0.3 is 0 Å². The summed E-state index contributed by atoms with van der Waals surface area (Å²) in [5.74, 6) is 0.986. The molecule has 0 fully saturated rings. The molecule has 7 aliphatic rings. The van der Waals surface area contributed by atoms with Crippen LogP contribution in [0, 0.1) is 5.41 Å². The zero-order chi connectivity index (χ0) is 37.5. The number of para-hydroxylation sites is 1. The SMILES string of the molecule is CC1(C)C2=C(CCC=C2)N(C2=CC3Oc4c(c5ccccc5c5c4oc4cc(N6C7=C(C=CCC7)C(C)(C)c7ccccc76)ccc45)C3C=C2)C2=C1CCC=C2. The van der Waals surface area contributed by atoms with E-state index in [4.69, 9.17) is 9.15 Å². The molecule has 4 aromatic carbocycles. The Bertz CT molecular complexity index is 2860. The first kappa shape index (κ1) is 32.5. The fraction of sp³-hybridized carbons (Fsp3) is 0.269. The smallest absolute Gasteiger partial charge is 0.178 e. The largest absolute Gasteiger partial charge is 0.481 e. The van der Waals surface area contributed by atoms with E-state index in [1.54, 1.807) is 0 Å². The quantitative estimate of drug-likeness (QED) is 0.181. The van der Waals surface area contributed by atoms with Crippen LogP contribution in [-0.2, 0) is 5.41 Å². The second kappa shape index (κ2) is 11.4. The van der Waals surface area contributed by atoms with Gasteiger partial charge in [-0.05, 0) is 108 Å². The molecule has 3 aliphatic heterocycles. The summed E-state index contributed by atoms with van der Waals surface area (Å²) in [6.45, 7) is 9.57. The Kier molecular flexibility index (Phi) is 6.62. The minimum atomic E-state index is -0.129. The molecule has 0 saturated heterocycles. The lowest BCUT2D eigenvalue weighted by atomic mass is 9.68.